The maximum absolute atomic E-state index is 11.7. The van der Waals surface area contributed by atoms with Crippen LogP contribution in [0.25, 0.3) is 0 Å². The summed E-state index contributed by atoms with van der Waals surface area (Å²) in [6.07, 6.45) is 7.29. The highest BCUT2D eigenvalue weighted by Crippen LogP contribution is 2.20. The molecule has 0 saturated heterocycles. The van der Waals surface area contributed by atoms with E-state index in [4.69, 9.17) is 11.6 Å². The van der Waals surface area contributed by atoms with Crippen LogP contribution < -0.4 is 5.32 Å². The van der Waals surface area contributed by atoms with Gasteiger partial charge in [-0.15, -0.1) is 0 Å². The number of hydrogen-bond acceptors (Lipinski definition) is 2. The van der Waals surface area contributed by atoms with Crippen molar-refractivity contribution in [3.05, 3.63) is 35.6 Å². The van der Waals surface area contributed by atoms with Crippen LogP contribution in [0.3, 0.4) is 0 Å². The SMILES string of the molecule is O=C(Nc1ccnc(Cl)c1)C1CC=CC1. The van der Waals surface area contributed by atoms with Gasteiger partial charge in [0.2, 0.25) is 5.91 Å². The van der Waals surface area contributed by atoms with Gasteiger partial charge in [0, 0.05) is 17.8 Å². The Morgan fingerprint density at radius 3 is 2.87 bits per heavy atom. The van der Waals surface area contributed by atoms with Crippen molar-refractivity contribution in [2.75, 3.05) is 5.32 Å². The molecular weight excluding hydrogens is 212 g/mol. The fourth-order valence-electron chi connectivity index (χ4n) is 1.56. The number of halogens is 1. The summed E-state index contributed by atoms with van der Waals surface area (Å²) in [5, 5.41) is 3.21. The topological polar surface area (TPSA) is 42.0 Å². The second-order valence-electron chi connectivity index (χ2n) is 3.50. The molecule has 78 valence electrons. The largest absolute Gasteiger partial charge is 0.326 e. The van der Waals surface area contributed by atoms with E-state index in [1.807, 2.05) is 12.2 Å². The molecule has 1 aromatic rings. The molecule has 15 heavy (non-hydrogen) atoms. The number of nitrogens with zero attached hydrogens (tertiary/aromatic N) is 1. The minimum Gasteiger partial charge on any atom is -0.326 e. The first-order valence-electron chi connectivity index (χ1n) is 4.83. The number of hydrogen-bond donors (Lipinski definition) is 1. The van der Waals surface area contributed by atoms with Crippen LogP contribution in [0.4, 0.5) is 5.69 Å². The van der Waals surface area contributed by atoms with Crippen molar-refractivity contribution in [2.45, 2.75) is 12.8 Å². The number of nitrogens with one attached hydrogen (secondary N) is 1. The molecule has 0 radical (unpaired) electrons. The molecule has 1 heterocycles. The molecule has 0 unspecified atom stereocenters. The number of amides is 1. The summed E-state index contributed by atoms with van der Waals surface area (Å²) in [6, 6.07) is 3.37. The molecule has 1 aromatic heterocycles. The molecule has 0 bridgehead atoms. The number of carbonyl (C=O) groups is 1. The van der Waals surface area contributed by atoms with Crippen molar-refractivity contribution in [1.82, 2.24) is 4.98 Å². The molecule has 0 atom stereocenters. The highest BCUT2D eigenvalue weighted by atomic mass is 35.5. The molecule has 4 heteroatoms. The number of aromatic nitrogens is 1. The van der Waals surface area contributed by atoms with Gasteiger partial charge in [-0.1, -0.05) is 23.8 Å². The standard InChI is InChI=1S/C11H11ClN2O/c12-10-7-9(5-6-13-10)14-11(15)8-3-1-2-4-8/h1-2,5-8H,3-4H2,(H,13,14,15). The van der Waals surface area contributed by atoms with E-state index in [-0.39, 0.29) is 11.8 Å². The van der Waals surface area contributed by atoms with Gasteiger partial charge in [-0.25, -0.2) is 4.98 Å². The predicted molar refractivity (Wildman–Crippen MR) is 59.7 cm³/mol. The van der Waals surface area contributed by atoms with E-state index in [0.29, 0.717) is 10.8 Å². The average Bonchev–Trinajstić information content (AvgIpc) is 2.70. The van der Waals surface area contributed by atoms with Gasteiger partial charge in [0.05, 0.1) is 0 Å². The zero-order chi connectivity index (χ0) is 10.7. The van der Waals surface area contributed by atoms with E-state index in [2.05, 4.69) is 10.3 Å². The van der Waals surface area contributed by atoms with Crippen LogP contribution in [0.15, 0.2) is 30.5 Å². The molecule has 1 N–H and O–H groups in total. The van der Waals surface area contributed by atoms with Crippen LogP contribution in [0.1, 0.15) is 12.8 Å². The zero-order valence-electron chi connectivity index (χ0n) is 8.11. The van der Waals surface area contributed by atoms with Gasteiger partial charge in [-0.3, -0.25) is 4.79 Å². The van der Waals surface area contributed by atoms with Crippen molar-refractivity contribution in [3.63, 3.8) is 0 Å². The summed E-state index contributed by atoms with van der Waals surface area (Å²) in [7, 11) is 0. The predicted octanol–water partition coefficient (Wildman–Crippen LogP) is 2.64. The Labute approximate surface area is 93.2 Å². The summed E-state index contributed by atoms with van der Waals surface area (Å²) in [6.45, 7) is 0. The van der Waals surface area contributed by atoms with Gasteiger partial charge < -0.3 is 5.32 Å². The van der Waals surface area contributed by atoms with Crippen LogP contribution in [-0.4, -0.2) is 10.9 Å². The van der Waals surface area contributed by atoms with Crippen molar-refractivity contribution < 1.29 is 4.79 Å². The van der Waals surface area contributed by atoms with E-state index in [0.717, 1.165) is 12.8 Å². The fourth-order valence-corrected chi connectivity index (χ4v) is 1.73. The minimum absolute atomic E-state index is 0.0438. The Morgan fingerprint density at radius 1 is 1.47 bits per heavy atom. The van der Waals surface area contributed by atoms with Gasteiger partial charge in [0.25, 0.3) is 0 Å². The van der Waals surface area contributed by atoms with Crippen LogP contribution >= 0.6 is 11.6 Å². The number of carbonyl (C=O) groups excluding carboxylic acids is 1. The monoisotopic (exact) mass is 222 g/mol. The maximum Gasteiger partial charge on any atom is 0.228 e. The number of rotatable bonds is 2. The Morgan fingerprint density at radius 2 is 2.20 bits per heavy atom. The molecule has 1 aliphatic carbocycles. The molecule has 0 aromatic carbocycles. The number of pyridine rings is 1. The van der Waals surface area contributed by atoms with Gasteiger partial charge >= 0.3 is 0 Å². The molecule has 0 saturated carbocycles. The highest BCUT2D eigenvalue weighted by Gasteiger charge is 2.18. The van der Waals surface area contributed by atoms with E-state index in [9.17, 15) is 4.79 Å². The van der Waals surface area contributed by atoms with Crippen LogP contribution in [0.2, 0.25) is 5.15 Å². The van der Waals surface area contributed by atoms with E-state index in [1.54, 1.807) is 18.3 Å². The fraction of sp³-hybridized carbons (Fsp3) is 0.273. The van der Waals surface area contributed by atoms with Crippen LogP contribution in [0, 0.1) is 5.92 Å². The van der Waals surface area contributed by atoms with Crippen molar-refractivity contribution in [2.24, 2.45) is 5.92 Å². The smallest absolute Gasteiger partial charge is 0.228 e. The normalized spacial score (nSPS) is 15.5. The van der Waals surface area contributed by atoms with Gasteiger partial charge in [-0.2, -0.15) is 0 Å². The maximum atomic E-state index is 11.7. The second kappa shape index (κ2) is 4.45. The lowest BCUT2D eigenvalue weighted by Gasteiger charge is -2.10. The Hall–Kier alpha value is -1.35. The first-order valence-corrected chi connectivity index (χ1v) is 5.21. The third-order valence-electron chi connectivity index (χ3n) is 2.37. The highest BCUT2D eigenvalue weighted by molar-refractivity contribution is 6.29. The Kier molecular flexibility index (Phi) is 3.02. The lowest BCUT2D eigenvalue weighted by molar-refractivity contribution is -0.119. The summed E-state index contributed by atoms with van der Waals surface area (Å²) in [5.41, 5.74) is 0.701. The average molecular weight is 223 g/mol. The lowest BCUT2D eigenvalue weighted by atomic mass is 10.1. The summed E-state index contributed by atoms with van der Waals surface area (Å²) < 4.78 is 0. The summed E-state index contributed by atoms with van der Waals surface area (Å²) >= 11 is 5.71. The van der Waals surface area contributed by atoms with E-state index < -0.39 is 0 Å². The van der Waals surface area contributed by atoms with Gasteiger partial charge in [0.1, 0.15) is 5.15 Å². The Balaban J connectivity index is 1.99. The first kappa shape index (κ1) is 10.2. The molecule has 0 aliphatic heterocycles. The van der Waals surface area contributed by atoms with Gasteiger partial charge in [0.15, 0.2) is 0 Å². The second-order valence-corrected chi connectivity index (χ2v) is 3.88. The van der Waals surface area contributed by atoms with E-state index in [1.165, 1.54) is 0 Å². The van der Waals surface area contributed by atoms with Crippen LogP contribution in [0.5, 0.6) is 0 Å². The zero-order valence-corrected chi connectivity index (χ0v) is 8.87. The van der Waals surface area contributed by atoms with Gasteiger partial charge in [-0.05, 0) is 25.0 Å². The third kappa shape index (κ3) is 2.57. The minimum atomic E-state index is 0.0438. The molecule has 3 nitrogen and oxygen atoms in total. The van der Waals surface area contributed by atoms with Crippen molar-refractivity contribution in [3.8, 4) is 0 Å². The van der Waals surface area contributed by atoms with Crippen LogP contribution in [-0.2, 0) is 4.79 Å². The van der Waals surface area contributed by atoms with E-state index >= 15 is 0 Å². The molecule has 1 aliphatic rings. The molecule has 0 fully saturated rings. The first-order chi connectivity index (χ1) is 7.25. The lowest BCUT2D eigenvalue weighted by Crippen LogP contribution is -2.20. The molecular formula is C11H11ClN2O. The Bertz CT molecular complexity index is 395. The summed E-state index contributed by atoms with van der Waals surface area (Å²) in [4.78, 5) is 15.6. The molecule has 0 spiro atoms. The number of anilines is 1. The number of allylic oxidation sites excluding steroid dienone is 2. The molecule has 2 rings (SSSR count). The quantitative estimate of drug-likeness (QED) is 0.618. The third-order valence-corrected chi connectivity index (χ3v) is 2.58. The molecule has 1 amide bonds. The van der Waals surface area contributed by atoms with Crippen molar-refractivity contribution >= 4 is 23.2 Å². The van der Waals surface area contributed by atoms with Crippen molar-refractivity contribution in [1.29, 1.82) is 0 Å². The summed E-state index contributed by atoms with van der Waals surface area (Å²) in [5.74, 6) is 0.110.